The van der Waals surface area contributed by atoms with E-state index in [1.807, 2.05) is 6.92 Å². The van der Waals surface area contributed by atoms with Crippen molar-refractivity contribution in [3.8, 4) is 0 Å². The Bertz CT molecular complexity index is 131. The van der Waals surface area contributed by atoms with Crippen LogP contribution < -0.4 is 0 Å². The van der Waals surface area contributed by atoms with Crippen molar-refractivity contribution in [1.82, 2.24) is 0 Å². The molecule has 0 heterocycles. The summed E-state index contributed by atoms with van der Waals surface area (Å²) >= 11 is 0. The number of Topliss-reactive ketones (excluding diaryl/α,β-unsaturated/α-hetero) is 1. The van der Waals surface area contributed by atoms with E-state index in [0.717, 1.165) is 6.42 Å². The number of carboxylic acids is 1. The van der Waals surface area contributed by atoms with Crippen LogP contribution in [0.25, 0.3) is 0 Å². The zero-order valence-corrected chi connectivity index (χ0v) is 6.26. The van der Waals surface area contributed by atoms with Crippen LogP contribution in [0.15, 0.2) is 0 Å². The molecule has 0 saturated carbocycles. The number of hydrogen-bond donors (Lipinski definition) is 1. The number of hydrogen-bond acceptors (Lipinski definition) is 2. The lowest BCUT2D eigenvalue weighted by Crippen LogP contribution is -2.20. The minimum Gasteiger partial charge on any atom is -0.481 e. The fourth-order valence-corrected chi connectivity index (χ4v) is 0.789. The van der Waals surface area contributed by atoms with Gasteiger partial charge in [0.2, 0.25) is 0 Å². The van der Waals surface area contributed by atoms with Gasteiger partial charge in [-0.3, -0.25) is 9.59 Å². The molecule has 1 unspecified atom stereocenters. The third-order valence-corrected chi connectivity index (χ3v) is 1.37. The Hall–Kier alpha value is -0.328. The average Bonchev–Trinajstić information content (AvgIpc) is 1.81. The Labute approximate surface area is 76.9 Å². The average molecular weight is 174 g/mol. The summed E-state index contributed by atoms with van der Waals surface area (Å²) in [6.07, 6.45) is 1.18. The second-order valence-corrected chi connectivity index (χ2v) is 2.29. The lowest BCUT2D eigenvalue weighted by molar-refractivity contribution is -0.145. The van der Waals surface area contributed by atoms with Crippen molar-refractivity contribution in [1.29, 1.82) is 0 Å². The van der Waals surface area contributed by atoms with Crippen molar-refractivity contribution in [3.63, 3.8) is 0 Å². The molecule has 0 rings (SSSR count). The monoisotopic (exact) mass is 174 g/mol. The highest BCUT2D eigenvalue weighted by Gasteiger charge is 2.20. The number of carbonyl (C=O) groups is 2. The van der Waals surface area contributed by atoms with E-state index in [2.05, 4.69) is 0 Å². The van der Waals surface area contributed by atoms with E-state index in [-0.39, 0.29) is 23.1 Å². The molecule has 3 nitrogen and oxygen atoms in total. The highest BCUT2D eigenvalue weighted by atomic mass is 27.0. The molecule has 1 N–H and O–H groups in total. The van der Waals surface area contributed by atoms with Crippen LogP contribution in [0.4, 0.5) is 0 Å². The molecule has 0 aliphatic carbocycles. The molecular weight excluding hydrogens is 159 g/mol. The van der Waals surface area contributed by atoms with Crippen molar-refractivity contribution < 1.29 is 14.7 Å². The van der Waals surface area contributed by atoms with Gasteiger partial charge in [0, 0.05) is 0 Å². The maximum atomic E-state index is 10.6. The zero-order valence-electron chi connectivity index (χ0n) is 6.26. The molecule has 0 radical (unpaired) electrons. The van der Waals surface area contributed by atoms with Crippen molar-refractivity contribution >= 4 is 29.1 Å². The lowest BCUT2D eigenvalue weighted by atomic mass is 10.0. The van der Waals surface area contributed by atoms with Crippen molar-refractivity contribution in [3.05, 3.63) is 0 Å². The van der Waals surface area contributed by atoms with Crippen molar-refractivity contribution in [2.75, 3.05) is 0 Å². The molecule has 0 fully saturated rings. The molecule has 0 saturated heterocycles. The molecule has 64 valence electrons. The minimum atomic E-state index is -1.01. The summed E-state index contributed by atoms with van der Waals surface area (Å²) in [5, 5.41) is 8.45. The number of carboxylic acid groups (broad SMARTS) is 1. The van der Waals surface area contributed by atoms with Gasteiger partial charge in [0.25, 0.3) is 0 Å². The first-order valence-corrected chi connectivity index (χ1v) is 3.32. The van der Waals surface area contributed by atoms with Crippen LogP contribution in [0.2, 0.25) is 0 Å². The maximum absolute atomic E-state index is 10.6. The summed E-state index contributed by atoms with van der Waals surface area (Å²) in [6, 6.07) is 0. The van der Waals surface area contributed by atoms with Crippen LogP contribution in [0.1, 0.15) is 26.7 Å². The van der Waals surface area contributed by atoms with Crippen LogP contribution in [0.3, 0.4) is 0 Å². The molecule has 0 aliphatic heterocycles. The van der Waals surface area contributed by atoms with Gasteiger partial charge in [-0.1, -0.05) is 13.3 Å². The Morgan fingerprint density at radius 2 is 1.91 bits per heavy atom. The Balaban J connectivity index is 0. The normalized spacial score (nSPS) is 11.5. The highest BCUT2D eigenvalue weighted by molar-refractivity contribution is 5.96. The second kappa shape index (κ2) is 6.39. The largest absolute Gasteiger partial charge is 0.481 e. The van der Waals surface area contributed by atoms with Gasteiger partial charge in [0.1, 0.15) is 11.7 Å². The van der Waals surface area contributed by atoms with Gasteiger partial charge in [-0.15, -0.1) is 0 Å². The van der Waals surface area contributed by atoms with Crippen molar-refractivity contribution in [2.45, 2.75) is 26.7 Å². The quantitative estimate of drug-likeness (QED) is 0.478. The zero-order chi connectivity index (χ0) is 8.15. The molecule has 0 spiro atoms. The van der Waals surface area contributed by atoms with Gasteiger partial charge in [0.15, 0.2) is 17.4 Å². The SMILES string of the molecule is CCCC(C(C)=O)C(=O)O.[AlH3]. The third kappa shape index (κ3) is 5.00. The van der Waals surface area contributed by atoms with Crippen LogP contribution in [0, 0.1) is 5.92 Å². The topological polar surface area (TPSA) is 54.4 Å². The van der Waals surface area contributed by atoms with Gasteiger partial charge >= 0.3 is 5.97 Å². The molecule has 0 amide bonds. The van der Waals surface area contributed by atoms with Gasteiger partial charge in [-0.2, -0.15) is 0 Å². The summed E-state index contributed by atoms with van der Waals surface area (Å²) in [5.74, 6) is -2.05. The number of ketones is 1. The van der Waals surface area contributed by atoms with E-state index < -0.39 is 11.9 Å². The summed E-state index contributed by atoms with van der Waals surface area (Å²) in [5.41, 5.74) is 0. The first kappa shape index (κ1) is 13.3. The van der Waals surface area contributed by atoms with E-state index >= 15 is 0 Å². The molecule has 1 atom stereocenters. The molecule has 0 aromatic carbocycles. The van der Waals surface area contributed by atoms with Gasteiger partial charge in [0.05, 0.1) is 0 Å². The van der Waals surface area contributed by atoms with Crippen LogP contribution in [0.5, 0.6) is 0 Å². The van der Waals surface area contributed by atoms with Gasteiger partial charge in [-0.25, -0.2) is 0 Å². The Kier molecular flexibility index (Phi) is 7.71. The van der Waals surface area contributed by atoms with E-state index in [9.17, 15) is 9.59 Å². The summed E-state index contributed by atoms with van der Waals surface area (Å²) < 4.78 is 0. The Morgan fingerprint density at radius 3 is 2.00 bits per heavy atom. The van der Waals surface area contributed by atoms with Crippen LogP contribution in [-0.4, -0.2) is 34.2 Å². The van der Waals surface area contributed by atoms with Crippen LogP contribution >= 0.6 is 0 Å². The first-order chi connectivity index (χ1) is 4.59. The predicted molar refractivity (Wildman–Crippen MR) is 46.7 cm³/mol. The smallest absolute Gasteiger partial charge is 0.314 e. The fourth-order valence-electron chi connectivity index (χ4n) is 0.789. The highest BCUT2D eigenvalue weighted by Crippen LogP contribution is 2.06. The summed E-state index contributed by atoms with van der Waals surface area (Å²) in [6.45, 7) is 3.17. The van der Waals surface area contributed by atoms with E-state index in [1.165, 1.54) is 6.92 Å². The summed E-state index contributed by atoms with van der Waals surface area (Å²) in [4.78, 5) is 20.9. The lowest BCUT2D eigenvalue weighted by Gasteiger charge is -2.04. The summed E-state index contributed by atoms with van der Waals surface area (Å²) in [7, 11) is 0. The van der Waals surface area contributed by atoms with Gasteiger partial charge in [-0.05, 0) is 13.3 Å². The second-order valence-electron chi connectivity index (χ2n) is 2.29. The molecule has 0 aliphatic rings. The predicted octanol–water partition coefficient (Wildman–Crippen LogP) is -0.108. The molecule has 0 aromatic rings. The third-order valence-electron chi connectivity index (χ3n) is 1.37. The van der Waals surface area contributed by atoms with Crippen LogP contribution in [-0.2, 0) is 9.59 Å². The number of rotatable bonds is 4. The van der Waals surface area contributed by atoms with E-state index in [1.54, 1.807) is 0 Å². The fraction of sp³-hybridized carbons (Fsp3) is 0.714. The van der Waals surface area contributed by atoms with E-state index in [4.69, 9.17) is 5.11 Å². The molecule has 4 heteroatoms. The van der Waals surface area contributed by atoms with Gasteiger partial charge < -0.3 is 5.11 Å². The standard InChI is InChI=1S/C7H12O3.Al.3H/c1-3-4-6(5(2)8)7(9)10;;;;/h6H,3-4H2,1-2H3,(H,9,10);;;;. The number of aliphatic carboxylic acids is 1. The van der Waals surface area contributed by atoms with E-state index in [0.29, 0.717) is 6.42 Å². The molecule has 11 heavy (non-hydrogen) atoms. The van der Waals surface area contributed by atoms with Crippen molar-refractivity contribution in [2.24, 2.45) is 5.92 Å². The first-order valence-electron chi connectivity index (χ1n) is 3.32. The maximum Gasteiger partial charge on any atom is 0.314 e. The minimum absolute atomic E-state index is 0. The molecule has 0 bridgehead atoms. The number of carbonyl (C=O) groups excluding carboxylic acids is 1. The molecular formula is C7H15AlO3. The molecule has 0 aromatic heterocycles. The Morgan fingerprint density at radius 1 is 1.45 bits per heavy atom.